The van der Waals surface area contributed by atoms with Crippen LogP contribution in [0.15, 0.2) is 54.6 Å². The summed E-state index contributed by atoms with van der Waals surface area (Å²) in [5, 5.41) is 0. The van der Waals surface area contributed by atoms with Crippen LogP contribution in [0.3, 0.4) is 0 Å². The Morgan fingerprint density at radius 2 is 1.75 bits per heavy atom. The van der Waals surface area contributed by atoms with Crippen LogP contribution in [0, 0.1) is 0 Å². The summed E-state index contributed by atoms with van der Waals surface area (Å²) in [5.74, 6) is 1.84. The molecular weight excluding hydrogens is 248 g/mol. The molecule has 0 radical (unpaired) electrons. The lowest BCUT2D eigenvalue weighted by atomic mass is 10.3. The van der Waals surface area contributed by atoms with Crippen LogP contribution >= 0.6 is 0 Å². The molecule has 0 saturated carbocycles. The molecular formula is C17H18N2O. The number of aromatic nitrogens is 2. The van der Waals surface area contributed by atoms with Crippen LogP contribution in [0.4, 0.5) is 0 Å². The summed E-state index contributed by atoms with van der Waals surface area (Å²) in [7, 11) is 0. The van der Waals surface area contributed by atoms with Crippen LogP contribution < -0.4 is 4.74 Å². The average Bonchev–Trinajstić information content (AvgIpc) is 2.87. The number of hydrogen-bond donors (Lipinski definition) is 0. The van der Waals surface area contributed by atoms with Gasteiger partial charge in [-0.3, -0.25) is 0 Å². The first-order valence-corrected chi connectivity index (χ1v) is 6.96. The van der Waals surface area contributed by atoms with Gasteiger partial charge >= 0.3 is 0 Å². The summed E-state index contributed by atoms with van der Waals surface area (Å²) in [6.07, 6.45) is -0.0789. The molecule has 0 aliphatic heterocycles. The van der Waals surface area contributed by atoms with E-state index in [2.05, 4.69) is 17.6 Å². The van der Waals surface area contributed by atoms with Gasteiger partial charge in [-0.1, -0.05) is 30.3 Å². The Balaban J connectivity index is 1.97. The van der Waals surface area contributed by atoms with E-state index in [1.165, 1.54) is 0 Å². The van der Waals surface area contributed by atoms with Crippen LogP contribution in [-0.2, 0) is 6.54 Å². The zero-order chi connectivity index (χ0) is 13.9. The first-order chi connectivity index (χ1) is 9.79. The number of benzene rings is 2. The van der Waals surface area contributed by atoms with Gasteiger partial charge in [-0.25, -0.2) is 4.98 Å². The van der Waals surface area contributed by atoms with Crippen LogP contribution in [0.2, 0.25) is 0 Å². The molecule has 1 aromatic heterocycles. The lowest BCUT2D eigenvalue weighted by Crippen LogP contribution is -2.11. The number of aryl methyl sites for hydroxylation is 1. The molecule has 1 unspecified atom stereocenters. The third-order valence-electron chi connectivity index (χ3n) is 3.42. The van der Waals surface area contributed by atoms with Gasteiger partial charge in [-0.05, 0) is 38.1 Å². The fourth-order valence-electron chi connectivity index (χ4n) is 2.49. The quantitative estimate of drug-likeness (QED) is 0.707. The Morgan fingerprint density at radius 3 is 2.50 bits per heavy atom. The molecule has 0 saturated heterocycles. The standard InChI is InChI=1S/C17H18N2O/c1-3-19-16-12-8-7-11-15(16)18-17(19)13(2)20-14-9-5-4-6-10-14/h4-13H,3H2,1-2H3. The summed E-state index contributed by atoms with van der Waals surface area (Å²) in [4.78, 5) is 4.72. The largest absolute Gasteiger partial charge is 0.483 e. The third-order valence-corrected chi connectivity index (χ3v) is 3.42. The monoisotopic (exact) mass is 266 g/mol. The van der Waals surface area contributed by atoms with E-state index in [1.54, 1.807) is 0 Å². The maximum atomic E-state index is 5.99. The second-order valence-corrected chi connectivity index (χ2v) is 4.78. The summed E-state index contributed by atoms with van der Waals surface area (Å²) >= 11 is 0. The summed E-state index contributed by atoms with van der Waals surface area (Å²) < 4.78 is 8.20. The first kappa shape index (κ1) is 12.7. The lowest BCUT2D eigenvalue weighted by molar-refractivity contribution is 0.212. The van der Waals surface area contributed by atoms with Gasteiger partial charge in [-0.15, -0.1) is 0 Å². The average molecular weight is 266 g/mol. The number of rotatable bonds is 4. The van der Waals surface area contributed by atoms with E-state index in [0.29, 0.717) is 0 Å². The number of ether oxygens (including phenoxy) is 1. The maximum absolute atomic E-state index is 5.99. The van der Waals surface area contributed by atoms with E-state index >= 15 is 0 Å². The Kier molecular flexibility index (Phi) is 3.42. The molecule has 1 atom stereocenters. The van der Waals surface area contributed by atoms with Crippen molar-refractivity contribution in [3.8, 4) is 5.75 Å². The molecule has 0 amide bonds. The van der Waals surface area contributed by atoms with Gasteiger partial charge in [0.2, 0.25) is 0 Å². The van der Waals surface area contributed by atoms with Crippen LogP contribution in [0.5, 0.6) is 5.75 Å². The Labute approximate surface area is 118 Å². The highest BCUT2D eigenvalue weighted by molar-refractivity contribution is 5.76. The predicted octanol–water partition coefficient (Wildman–Crippen LogP) is 4.20. The SMILES string of the molecule is CCn1c(C(C)Oc2ccccc2)nc2ccccc21. The Morgan fingerprint density at radius 1 is 1.05 bits per heavy atom. The van der Waals surface area contributed by atoms with Crippen molar-refractivity contribution in [3.63, 3.8) is 0 Å². The minimum atomic E-state index is -0.0789. The van der Waals surface area contributed by atoms with E-state index in [9.17, 15) is 0 Å². The van der Waals surface area contributed by atoms with Crippen molar-refractivity contribution >= 4 is 11.0 Å². The molecule has 0 aliphatic carbocycles. The van der Waals surface area contributed by atoms with Crippen molar-refractivity contribution in [2.24, 2.45) is 0 Å². The van der Waals surface area contributed by atoms with Crippen molar-refractivity contribution in [1.29, 1.82) is 0 Å². The summed E-state index contributed by atoms with van der Waals surface area (Å²) in [6.45, 7) is 5.06. The normalized spacial score (nSPS) is 12.5. The highest BCUT2D eigenvalue weighted by Crippen LogP contribution is 2.24. The number of imidazole rings is 1. The number of fused-ring (bicyclic) bond motifs is 1. The molecule has 2 aromatic carbocycles. The molecule has 0 N–H and O–H groups in total. The topological polar surface area (TPSA) is 27.1 Å². The van der Waals surface area contributed by atoms with Gasteiger partial charge < -0.3 is 9.30 Å². The highest BCUT2D eigenvalue weighted by atomic mass is 16.5. The van der Waals surface area contributed by atoms with Gasteiger partial charge in [0, 0.05) is 6.54 Å². The van der Waals surface area contributed by atoms with Crippen LogP contribution in [-0.4, -0.2) is 9.55 Å². The molecule has 102 valence electrons. The molecule has 1 heterocycles. The summed E-state index contributed by atoms with van der Waals surface area (Å²) in [5.41, 5.74) is 2.18. The zero-order valence-corrected chi connectivity index (χ0v) is 11.8. The minimum absolute atomic E-state index is 0.0789. The Hall–Kier alpha value is -2.29. The van der Waals surface area contributed by atoms with Crippen molar-refractivity contribution in [2.75, 3.05) is 0 Å². The van der Waals surface area contributed by atoms with Crippen molar-refractivity contribution < 1.29 is 4.74 Å². The van der Waals surface area contributed by atoms with Crippen molar-refractivity contribution in [2.45, 2.75) is 26.5 Å². The minimum Gasteiger partial charge on any atom is -0.483 e. The first-order valence-electron chi connectivity index (χ1n) is 6.96. The lowest BCUT2D eigenvalue weighted by Gasteiger charge is -2.15. The summed E-state index contributed by atoms with van der Waals surface area (Å²) in [6, 6.07) is 18.1. The third kappa shape index (κ3) is 2.27. The molecule has 0 spiro atoms. The van der Waals surface area contributed by atoms with Gasteiger partial charge in [-0.2, -0.15) is 0 Å². The van der Waals surface area contributed by atoms with Gasteiger partial charge in [0.25, 0.3) is 0 Å². The highest BCUT2D eigenvalue weighted by Gasteiger charge is 2.16. The Bertz CT molecular complexity index is 703. The molecule has 0 fully saturated rings. The molecule has 3 rings (SSSR count). The van der Waals surface area contributed by atoms with E-state index in [0.717, 1.165) is 29.2 Å². The molecule has 0 aliphatic rings. The maximum Gasteiger partial charge on any atom is 0.153 e. The smallest absolute Gasteiger partial charge is 0.153 e. The van der Waals surface area contributed by atoms with E-state index in [4.69, 9.17) is 9.72 Å². The van der Waals surface area contributed by atoms with E-state index < -0.39 is 0 Å². The van der Waals surface area contributed by atoms with Gasteiger partial charge in [0.15, 0.2) is 11.9 Å². The molecule has 3 nitrogen and oxygen atoms in total. The molecule has 3 aromatic rings. The number of nitrogens with zero attached hydrogens (tertiary/aromatic N) is 2. The van der Waals surface area contributed by atoms with Gasteiger partial charge in [0.05, 0.1) is 11.0 Å². The second kappa shape index (κ2) is 5.37. The molecule has 20 heavy (non-hydrogen) atoms. The zero-order valence-electron chi connectivity index (χ0n) is 11.8. The van der Waals surface area contributed by atoms with Crippen LogP contribution in [0.25, 0.3) is 11.0 Å². The van der Waals surface area contributed by atoms with E-state index in [-0.39, 0.29) is 6.10 Å². The number of para-hydroxylation sites is 3. The van der Waals surface area contributed by atoms with Crippen molar-refractivity contribution in [1.82, 2.24) is 9.55 Å². The fraction of sp³-hybridized carbons (Fsp3) is 0.235. The van der Waals surface area contributed by atoms with Crippen LogP contribution in [0.1, 0.15) is 25.8 Å². The number of hydrogen-bond acceptors (Lipinski definition) is 2. The second-order valence-electron chi connectivity index (χ2n) is 4.78. The fourth-order valence-corrected chi connectivity index (χ4v) is 2.49. The molecule has 3 heteroatoms. The molecule has 0 bridgehead atoms. The van der Waals surface area contributed by atoms with Gasteiger partial charge in [0.1, 0.15) is 5.75 Å². The predicted molar refractivity (Wildman–Crippen MR) is 80.9 cm³/mol. The van der Waals surface area contributed by atoms with E-state index in [1.807, 2.05) is 55.5 Å². The van der Waals surface area contributed by atoms with Crippen molar-refractivity contribution in [3.05, 3.63) is 60.4 Å².